The molecule has 4 nitrogen and oxygen atoms in total. The molecular weight excluding hydrogens is 240 g/mol. The third-order valence-corrected chi connectivity index (χ3v) is 2.44. The van der Waals surface area contributed by atoms with Gasteiger partial charge in [-0.15, -0.1) is 0 Å². The van der Waals surface area contributed by atoms with E-state index in [1.807, 2.05) is 56.3 Å². The van der Waals surface area contributed by atoms with E-state index in [-0.39, 0.29) is 0 Å². The van der Waals surface area contributed by atoms with Gasteiger partial charge in [0.05, 0.1) is 6.61 Å². The monoisotopic (exact) mass is 258 g/mol. The van der Waals surface area contributed by atoms with Gasteiger partial charge in [-0.05, 0) is 44.2 Å². The van der Waals surface area contributed by atoms with E-state index in [1.165, 1.54) is 0 Å². The van der Waals surface area contributed by atoms with E-state index in [9.17, 15) is 0 Å². The first kappa shape index (κ1) is 13.2. The van der Waals surface area contributed by atoms with Crippen molar-refractivity contribution >= 4 is 5.82 Å². The average Bonchev–Trinajstić information content (AvgIpc) is 2.42. The van der Waals surface area contributed by atoms with Gasteiger partial charge in [0.25, 0.3) is 0 Å². The minimum Gasteiger partial charge on any atom is -0.494 e. The molecule has 0 atom stereocenters. The van der Waals surface area contributed by atoms with E-state index in [0.29, 0.717) is 12.5 Å². The molecule has 0 aliphatic rings. The van der Waals surface area contributed by atoms with E-state index < -0.39 is 0 Å². The molecule has 0 fully saturated rings. The molecule has 0 aliphatic heterocycles. The van der Waals surface area contributed by atoms with Crippen molar-refractivity contribution < 1.29 is 9.47 Å². The summed E-state index contributed by atoms with van der Waals surface area (Å²) in [5, 5.41) is 3.15. The first-order valence-corrected chi connectivity index (χ1v) is 6.43. The maximum absolute atomic E-state index is 5.69. The molecule has 1 N–H and O–H groups in total. The van der Waals surface area contributed by atoms with Gasteiger partial charge in [-0.2, -0.15) is 4.98 Å². The predicted octanol–water partition coefficient (Wildman–Crippen LogP) is 3.70. The molecule has 0 saturated carbocycles. The fourth-order valence-corrected chi connectivity index (χ4v) is 1.64. The van der Waals surface area contributed by atoms with Gasteiger partial charge in [-0.3, -0.25) is 0 Å². The van der Waals surface area contributed by atoms with Crippen molar-refractivity contribution in [3.05, 3.63) is 42.5 Å². The summed E-state index contributed by atoms with van der Waals surface area (Å²) in [4.78, 5) is 4.35. The summed E-state index contributed by atoms with van der Waals surface area (Å²) in [6.07, 6.45) is 0. The molecule has 1 heterocycles. The summed E-state index contributed by atoms with van der Waals surface area (Å²) >= 11 is 0. The molecule has 4 heteroatoms. The third-order valence-electron chi connectivity index (χ3n) is 2.44. The van der Waals surface area contributed by atoms with Crippen LogP contribution in [0.3, 0.4) is 0 Å². The topological polar surface area (TPSA) is 43.4 Å². The van der Waals surface area contributed by atoms with Crippen LogP contribution >= 0.6 is 0 Å². The van der Waals surface area contributed by atoms with Crippen molar-refractivity contribution in [2.45, 2.75) is 13.8 Å². The van der Waals surface area contributed by atoms with Gasteiger partial charge >= 0.3 is 0 Å². The first-order chi connectivity index (χ1) is 9.31. The Balaban J connectivity index is 2.05. The van der Waals surface area contributed by atoms with Crippen LogP contribution in [-0.2, 0) is 0 Å². The molecule has 0 radical (unpaired) electrons. The number of rotatable bonds is 6. The van der Waals surface area contributed by atoms with Gasteiger partial charge in [-0.25, -0.2) is 0 Å². The highest BCUT2D eigenvalue weighted by Crippen LogP contribution is 2.23. The van der Waals surface area contributed by atoms with Crippen LogP contribution < -0.4 is 14.8 Å². The molecule has 0 unspecified atom stereocenters. The van der Waals surface area contributed by atoms with Crippen molar-refractivity contribution in [3.8, 4) is 17.4 Å². The number of hydrogen-bond donors (Lipinski definition) is 1. The Kier molecular flexibility index (Phi) is 4.61. The third kappa shape index (κ3) is 3.88. The highest BCUT2D eigenvalue weighted by atomic mass is 16.5. The average molecular weight is 258 g/mol. The summed E-state index contributed by atoms with van der Waals surface area (Å²) in [5.74, 6) is 2.96. The highest BCUT2D eigenvalue weighted by Gasteiger charge is 2.00. The molecule has 19 heavy (non-hydrogen) atoms. The SMILES string of the molecule is CCNc1cccc(Oc2ccc(OCC)cc2)n1. The lowest BCUT2D eigenvalue weighted by Crippen LogP contribution is -1.99. The number of ether oxygens (including phenoxy) is 2. The Bertz CT molecular complexity index is 512. The van der Waals surface area contributed by atoms with Crippen LogP contribution in [0.5, 0.6) is 17.4 Å². The number of anilines is 1. The summed E-state index contributed by atoms with van der Waals surface area (Å²) in [6.45, 7) is 5.48. The van der Waals surface area contributed by atoms with E-state index in [0.717, 1.165) is 23.9 Å². The van der Waals surface area contributed by atoms with Gasteiger partial charge < -0.3 is 14.8 Å². The van der Waals surface area contributed by atoms with E-state index in [4.69, 9.17) is 9.47 Å². The van der Waals surface area contributed by atoms with Crippen LogP contribution in [0.15, 0.2) is 42.5 Å². The molecule has 0 bridgehead atoms. The molecule has 2 rings (SSSR count). The fourth-order valence-electron chi connectivity index (χ4n) is 1.64. The minimum absolute atomic E-state index is 0.572. The lowest BCUT2D eigenvalue weighted by molar-refractivity contribution is 0.339. The van der Waals surface area contributed by atoms with Crippen LogP contribution in [0.2, 0.25) is 0 Å². The van der Waals surface area contributed by atoms with Gasteiger partial charge in [0.1, 0.15) is 17.3 Å². The summed E-state index contributed by atoms with van der Waals surface area (Å²) < 4.78 is 11.1. The number of pyridine rings is 1. The maximum atomic E-state index is 5.69. The highest BCUT2D eigenvalue weighted by molar-refractivity contribution is 5.39. The van der Waals surface area contributed by atoms with Crippen molar-refractivity contribution in [1.29, 1.82) is 0 Å². The predicted molar refractivity (Wildman–Crippen MR) is 76.1 cm³/mol. The lowest BCUT2D eigenvalue weighted by Gasteiger charge is -2.08. The lowest BCUT2D eigenvalue weighted by atomic mass is 10.3. The number of aromatic nitrogens is 1. The van der Waals surface area contributed by atoms with Crippen molar-refractivity contribution in [2.75, 3.05) is 18.5 Å². The Hall–Kier alpha value is -2.23. The van der Waals surface area contributed by atoms with Gasteiger partial charge in [0.2, 0.25) is 5.88 Å². The van der Waals surface area contributed by atoms with Crippen LogP contribution in [0.4, 0.5) is 5.82 Å². The summed E-state index contributed by atoms with van der Waals surface area (Å²) in [6, 6.07) is 13.2. The normalized spacial score (nSPS) is 10.0. The quantitative estimate of drug-likeness (QED) is 0.857. The second-order valence-corrected chi connectivity index (χ2v) is 3.90. The number of benzene rings is 1. The second kappa shape index (κ2) is 6.64. The Morgan fingerprint density at radius 3 is 2.42 bits per heavy atom. The molecule has 0 aliphatic carbocycles. The number of nitrogens with one attached hydrogen (secondary N) is 1. The van der Waals surface area contributed by atoms with Gasteiger partial charge in [-0.1, -0.05) is 6.07 Å². The number of nitrogens with zero attached hydrogens (tertiary/aromatic N) is 1. The van der Waals surface area contributed by atoms with Gasteiger partial charge in [0.15, 0.2) is 0 Å². The van der Waals surface area contributed by atoms with Crippen LogP contribution in [0.1, 0.15) is 13.8 Å². The summed E-state index contributed by atoms with van der Waals surface area (Å²) in [5.41, 5.74) is 0. The van der Waals surface area contributed by atoms with Gasteiger partial charge in [0, 0.05) is 12.6 Å². The molecule has 0 spiro atoms. The maximum Gasteiger partial charge on any atom is 0.221 e. The van der Waals surface area contributed by atoms with Crippen molar-refractivity contribution in [1.82, 2.24) is 4.98 Å². The molecule has 2 aromatic rings. The smallest absolute Gasteiger partial charge is 0.221 e. The van der Waals surface area contributed by atoms with Crippen molar-refractivity contribution in [3.63, 3.8) is 0 Å². The summed E-state index contributed by atoms with van der Waals surface area (Å²) in [7, 11) is 0. The molecule has 100 valence electrons. The Morgan fingerprint density at radius 2 is 1.74 bits per heavy atom. The van der Waals surface area contributed by atoms with Crippen LogP contribution in [-0.4, -0.2) is 18.1 Å². The Morgan fingerprint density at radius 1 is 1.00 bits per heavy atom. The second-order valence-electron chi connectivity index (χ2n) is 3.90. The molecule has 1 aromatic heterocycles. The largest absolute Gasteiger partial charge is 0.494 e. The molecular formula is C15H18N2O2. The fraction of sp³-hybridized carbons (Fsp3) is 0.267. The minimum atomic E-state index is 0.572. The van der Waals surface area contributed by atoms with Crippen LogP contribution in [0, 0.1) is 0 Å². The zero-order valence-electron chi connectivity index (χ0n) is 11.2. The molecule has 1 aromatic carbocycles. The zero-order valence-corrected chi connectivity index (χ0v) is 11.2. The number of hydrogen-bond acceptors (Lipinski definition) is 4. The van der Waals surface area contributed by atoms with Crippen LogP contribution in [0.25, 0.3) is 0 Å². The molecule has 0 saturated heterocycles. The van der Waals surface area contributed by atoms with E-state index in [2.05, 4.69) is 10.3 Å². The molecule has 0 amide bonds. The zero-order chi connectivity index (χ0) is 13.5. The Labute approximate surface area is 113 Å². The standard InChI is InChI=1S/C15H18N2O2/c1-3-16-14-6-5-7-15(17-14)19-13-10-8-12(9-11-13)18-4-2/h5-11H,3-4H2,1-2H3,(H,16,17). The first-order valence-electron chi connectivity index (χ1n) is 6.43. The van der Waals surface area contributed by atoms with Crippen molar-refractivity contribution in [2.24, 2.45) is 0 Å². The van der Waals surface area contributed by atoms with E-state index in [1.54, 1.807) is 0 Å². The van der Waals surface area contributed by atoms with E-state index >= 15 is 0 Å².